The van der Waals surface area contributed by atoms with E-state index < -0.39 is 29.2 Å². The molecule has 7 heterocycles. The molecule has 0 atom stereocenters. The van der Waals surface area contributed by atoms with Gasteiger partial charge in [-0.15, -0.1) is 21.5 Å². The predicted octanol–water partition coefficient (Wildman–Crippen LogP) is 6.35. The van der Waals surface area contributed by atoms with E-state index in [2.05, 4.69) is 40.1 Å². The molecule has 1 fully saturated rings. The van der Waals surface area contributed by atoms with Crippen LogP contribution in [0.2, 0.25) is 0 Å². The van der Waals surface area contributed by atoms with E-state index in [0.717, 1.165) is 49.1 Å². The highest BCUT2D eigenvalue weighted by Gasteiger charge is 2.32. The van der Waals surface area contributed by atoms with Crippen LogP contribution in [0.4, 0.5) is 10.7 Å². The first-order valence-corrected chi connectivity index (χ1v) is 27.6. The van der Waals surface area contributed by atoms with Crippen molar-refractivity contribution in [1.29, 1.82) is 0 Å². The Balaban J connectivity index is 0.961. The van der Waals surface area contributed by atoms with E-state index in [4.69, 9.17) is 30.7 Å². The lowest BCUT2D eigenvalue weighted by atomic mass is 9.95. The number of likely N-dealkylation sites (tertiary alicyclic amines) is 1. The number of fused-ring (bicyclic) bond motifs is 3. The predicted molar refractivity (Wildman–Crippen MR) is 294 cm³/mol. The van der Waals surface area contributed by atoms with Crippen molar-refractivity contribution in [2.75, 3.05) is 45.2 Å². The molecular weight excluding hydrogens is 1040 g/mol. The molecule has 9 rings (SSSR count). The Bertz CT molecular complexity index is 3550. The molecule has 0 bridgehead atoms. The molecule has 0 radical (unpaired) electrons. The zero-order valence-corrected chi connectivity index (χ0v) is 46.8. The van der Waals surface area contributed by atoms with Crippen LogP contribution < -0.4 is 31.1 Å². The molecule has 412 valence electrons. The van der Waals surface area contributed by atoms with Crippen molar-refractivity contribution >= 4 is 79.6 Å². The number of piperidine rings is 1. The number of aryl methyl sites for hydroxylation is 4. The Morgan fingerprint density at radius 3 is 2.28 bits per heavy atom. The fourth-order valence-corrected chi connectivity index (χ4v) is 11.8. The highest BCUT2D eigenvalue weighted by atomic mass is 32.1. The van der Waals surface area contributed by atoms with Crippen molar-refractivity contribution in [2.24, 2.45) is 16.5 Å². The van der Waals surface area contributed by atoms with Crippen LogP contribution in [0, 0.1) is 13.8 Å². The van der Waals surface area contributed by atoms with Crippen LogP contribution in [0.1, 0.15) is 129 Å². The minimum Gasteiger partial charge on any atom is -0.494 e. The van der Waals surface area contributed by atoms with Gasteiger partial charge in [0.1, 0.15) is 44.5 Å². The van der Waals surface area contributed by atoms with Gasteiger partial charge in [0.05, 0.1) is 46.9 Å². The Kier molecular flexibility index (Phi) is 16.3. The van der Waals surface area contributed by atoms with E-state index in [1.165, 1.54) is 35.8 Å². The van der Waals surface area contributed by atoms with Gasteiger partial charge < -0.3 is 44.3 Å². The number of carbonyl (C=O) groups excluding carboxylic acids is 5. The Morgan fingerprint density at radius 2 is 1.59 bits per heavy atom. The number of thiazole rings is 2. The third-order valence-electron chi connectivity index (χ3n) is 13.5. The van der Waals surface area contributed by atoms with E-state index in [1.807, 2.05) is 65.2 Å². The first-order valence-electron chi connectivity index (χ1n) is 26.0. The monoisotopic (exact) mass is 1100 g/mol. The Hall–Kier alpha value is -7.77. The van der Waals surface area contributed by atoms with Crippen molar-refractivity contribution in [2.45, 2.75) is 118 Å². The van der Waals surface area contributed by atoms with E-state index in [9.17, 15) is 24.0 Å². The van der Waals surface area contributed by atoms with Gasteiger partial charge in [0.15, 0.2) is 10.6 Å². The van der Waals surface area contributed by atoms with Crippen molar-refractivity contribution in [3.8, 4) is 11.5 Å². The number of allylic oxidation sites excluding steroid dienone is 2. The van der Waals surface area contributed by atoms with Crippen LogP contribution in [0.15, 0.2) is 47.5 Å². The molecule has 1 saturated heterocycles. The minimum absolute atomic E-state index is 0.167. The molecule has 5 amide bonds. The number of nitrogens with zero attached hydrogens (tertiary/aromatic N) is 12. The number of aromatic nitrogens is 9. The second-order valence-corrected chi connectivity index (χ2v) is 22.4. The van der Waals surface area contributed by atoms with Gasteiger partial charge in [0.25, 0.3) is 11.8 Å². The number of rotatable bonds is 18. The second kappa shape index (κ2) is 23.1. The van der Waals surface area contributed by atoms with E-state index in [0.29, 0.717) is 105 Å². The summed E-state index contributed by atoms with van der Waals surface area (Å²) in [5.74, 6) is 0.703. The Labute approximate surface area is 457 Å². The number of nitrogens with two attached hydrogens (primary N) is 2. The summed E-state index contributed by atoms with van der Waals surface area (Å²) >= 11 is 2.52. The standard InChI is InChI=1S/C53H65N15O8S2/c1-9-35-44(77-31(4)56-35)49(72)59-51-67(18-12-11-17-66-42-36(25-33(45(54)69)26-38(42)74-8)57-50(66)58-48(71)37-24-30(3)62-68(37)10-2)43-39(27-34(46(55)70)28-40(43)78-51)75-23-13-16-63-19-14-32(15-20-63)47-61-60-41-29-64(21-22-65(41)47)52(73)76-53(5,6)7/h11-12,24-28,32H,9-10,13-23,29H2,1-8H3,(H2,54,69)(H2,55,70)(H,57,58,71)/b12-11+,59-51-. The zero-order valence-electron chi connectivity index (χ0n) is 45.1. The lowest BCUT2D eigenvalue weighted by molar-refractivity contribution is 0.0193. The average Bonchev–Trinajstić information content (AvgIpc) is 4.25. The molecule has 0 aliphatic carbocycles. The summed E-state index contributed by atoms with van der Waals surface area (Å²) in [6.07, 6.45) is 6.47. The number of anilines is 1. The number of primary amides is 2. The molecule has 7 aromatic rings. The third kappa shape index (κ3) is 11.9. The molecule has 2 aliphatic heterocycles. The summed E-state index contributed by atoms with van der Waals surface area (Å²) in [5.41, 5.74) is 14.6. The SMILES string of the molecule is CCc1nc(C)sc1C(=O)/N=c1\sc2cc(C(N)=O)cc(OCCCN3CCC(c4nnc5n4CCN(C(=O)OC(C)(C)C)C5)CC3)c2n1C/C=C/Cn1c(NC(=O)c2cc(C)nn2CC)nc2cc(C(N)=O)cc(OC)c21. The third-order valence-corrected chi connectivity index (χ3v) is 15.6. The summed E-state index contributed by atoms with van der Waals surface area (Å²) in [6, 6.07) is 8.09. The number of amides is 5. The van der Waals surface area contributed by atoms with Gasteiger partial charge in [0, 0.05) is 56.3 Å². The number of ether oxygens (including phenoxy) is 3. The van der Waals surface area contributed by atoms with Crippen molar-refractivity contribution in [3.05, 3.63) is 97.0 Å². The van der Waals surface area contributed by atoms with Gasteiger partial charge in [0.2, 0.25) is 17.8 Å². The molecule has 2 aliphatic rings. The number of hydrogen-bond acceptors (Lipinski definition) is 16. The fourth-order valence-electron chi connectivity index (χ4n) is 9.84. The van der Waals surface area contributed by atoms with E-state index >= 15 is 0 Å². The molecule has 0 unspecified atom stereocenters. The average molecular weight is 1100 g/mol. The molecule has 25 heteroatoms. The van der Waals surface area contributed by atoms with Gasteiger partial charge in [-0.1, -0.05) is 30.4 Å². The molecular formula is C53H65N15O8S2. The molecule has 5 aromatic heterocycles. The number of nitrogens with one attached hydrogen (secondary N) is 1. The fraction of sp³-hybridized carbons (Fsp3) is 0.453. The summed E-state index contributed by atoms with van der Waals surface area (Å²) in [7, 11) is 1.47. The van der Waals surface area contributed by atoms with Crippen molar-refractivity contribution in [1.82, 2.24) is 53.4 Å². The highest BCUT2D eigenvalue weighted by molar-refractivity contribution is 7.16. The second-order valence-electron chi connectivity index (χ2n) is 20.2. The molecule has 23 nitrogen and oxygen atoms in total. The van der Waals surface area contributed by atoms with E-state index in [-0.39, 0.29) is 42.2 Å². The number of carbonyl (C=O) groups is 5. The first-order chi connectivity index (χ1) is 37.3. The molecule has 0 saturated carbocycles. The van der Waals surface area contributed by atoms with Crippen molar-refractivity contribution in [3.63, 3.8) is 0 Å². The number of imidazole rings is 1. The van der Waals surface area contributed by atoms with Crippen LogP contribution >= 0.6 is 22.7 Å². The minimum atomic E-state index is -0.670. The van der Waals surface area contributed by atoms with E-state index in [1.54, 1.807) is 38.4 Å². The lowest BCUT2D eigenvalue weighted by Gasteiger charge is -2.33. The van der Waals surface area contributed by atoms with Gasteiger partial charge in [-0.2, -0.15) is 10.1 Å². The topological polar surface area (TPSA) is 280 Å². The normalized spacial score (nSPS) is 14.7. The number of hydrogen-bond donors (Lipinski definition) is 3. The summed E-state index contributed by atoms with van der Waals surface area (Å²) in [6.45, 7) is 18.2. The van der Waals surface area contributed by atoms with Gasteiger partial charge in [-0.3, -0.25) is 34.1 Å². The first kappa shape index (κ1) is 55.0. The number of methoxy groups -OCH3 is 1. The van der Waals surface area contributed by atoms with Crippen LogP contribution in [0.3, 0.4) is 0 Å². The number of benzene rings is 2. The smallest absolute Gasteiger partial charge is 0.410 e. The summed E-state index contributed by atoms with van der Waals surface area (Å²) < 4.78 is 26.0. The van der Waals surface area contributed by atoms with Gasteiger partial charge >= 0.3 is 6.09 Å². The quantitative estimate of drug-likeness (QED) is 0.0624. The largest absolute Gasteiger partial charge is 0.494 e. The van der Waals surface area contributed by atoms with Crippen LogP contribution in [0.25, 0.3) is 21.3 Å². The van der Waals surface area contributed by atoms with Crippen LogP contribution in [0.5, 0.6) is 11.5 Å². The summed E-state index contributed by atoms with van der Waals surface area (Å²) in [5, 5.41) is 17.2. The molecule has 0 spiro atoms. The maximum atomic E-state index is 14.0. The molecule has 78 heavy (non-hydrogen) atoms. The van der Waals surface area contributed by atoms with Gasteiger partial charge in [-0.05, 0) is 111 Å². The lowest BCUT2D eigenvalue weighted by Crippen LogP contribution is -2.42. The molecule has 2 aromatic carbocycles. The van der Waals surface area contributed by atoms with Crippen molar-refractivity contribution < 1.29 is 38.2 Å². The van der Waals surface area contributed by atoms with Crippen LogP contribution in [-0.4, -0.2) is 129 Å². The molecule has 5 N–H and O–H groups in total. The highest BCUT2D eigenvalue weighted by Crippen LogP contribution is 2.34. The van der Waals surface area contributed by atoms with Crippen LogP contribution in [-0.2, 0) is 43.9 Å². The maximum Gasteiger partial charge on any atom is 0.410 e. The summed E-state index contributed by atoms with van der Waals surface area (Å²) in [4.78, 5) is 84.7. The zero-order chi connectivity index (χ0) is 55.6. The van der Waals surface area contributed by atoms with Gasteiger partial charge in [-0.25, -0.2) is 14.8 Å². The Morgan fingerprint density at radius 1 is 0.872 bits per heavy atom. The maximum absolute atomic E-state index is 14.0.